The number of nitrogens with one attached hydrogen (secondary N) is 2. The summed E-state index contributed by atoms with van der Waals surface area (Å²) in [7, 11) is 0. The highest BCUT2D eigenvalue weighted by molar-refractivity contribution is 5.64. The molecule has 13 heavy (non-hydrogen) atoms. The van der Waals surface area contributed by atoms with Gasteiger partial charge in [0.1, 0.15) is 0 Å². The second-order valence-corrected chi connectivity index (χ2v) is 3.04. The lowest BCUT2D eigenvalue weighted by Gasteiger charge is -2.12. The molecule has 2 heteroatoms. The zero-order valence-electron chi connectivity index (χ0n) is 8.65. The minimum atomic E-state index is 0.969. The predicted molar refractivity (Wildman–Crippen MR) is 59.5 cm³/mol. The van der Waals surface area contributed by atoms with Gasteiger partial charge in [0.2, 0.25) is 0 Å². The van der Waals surface area contributed by atoms with Gasteiger partial charge >= 0.3 is 0 Å². The Morgan fingerprint density at radius 3 is 1.85 bits per heavy atom. The molecule has 0 atom stereocenters. The minimum absolute atomic E-state index is 0.969. The summed E-state index contributed by atoms with van der Waals surface area (Å²) < 4.78 is 0. The van der Waals surface area contributed by atoms with Crippen molar-refractivity contribution in [2.24, 2.45) is 0 Å². The molecule has 0 radical (unpaired) electrons. The summed E-state index contributed by atoms with van der Waals surface area (Å²) in [5.41, 5.74) is 3.74. The normalized spacial score (nSPS) is 9.77. The van der Waals surface area contributed by atoms with Crippen molar-refractivity contribution in [2.75, 3.05) is 23.7 Å². The van der Waals surface area contributed by atoms with Crippen LogP contribution in [0.1, 0.15) is 19.4 Å². The lowest BCUT2D eigenvalue weighted by molar-refractivity contribution is 1.17. The molecule has 2 nitrogen and oxygen atoms in total. The molecule has 0 aliphatic rings. The van der Waals surface area contributed by atoms with Crippen LogP contribution in [-0.4, -0.2) is 13.1 Å². The van der Waals surface area contributed by atoms with Crippen molar-refractivity contribution in [2.45, 2.75) is 20.8 Å². The molecule has 0 amide bonds. The van der Waals surface area contributed by atoms with Crippen LogP contribution < -0.4 is 10.6 Å². The van der Waals surface area contributed by atoms with E-state index in [1.165, 1.54) is 16.9 Å². The molecule has 0 bridgehead atoms. The Morgan fingerprint density at radius 1 is 1.00 bits per heavy atom. The van der Waals surface area contributed by atoms with Crippen molar-refractivity contribution < 1.29 is 0 Å². The van der Waals surface area contributed by atoms with Gasteiger partial charge in [-0.2, -0.15) is 0 Å². The highest BCUT2D eigenvalue weighted by Crippen LogP contribution is 2.22. The van der Waals surface area contributed by atoms with Crippen molar-refractivity contribution >= 4 is 11.4 Å². The summed E-state index contributed by atoms with van der Waals surface area (Å²) in [6.07, 6.45) is 0. The molecular weight excluding hydrogens is 160 g/mol. The summed E-state index contributed by atoms with van der Waals surface area (Å²) in [6.45, 7) is 8.29. The van der Waals surface area contributed by atoms with E-state index in [0.717, 1.165) is 13.1 Å². The highest BCUT2D eigenvalue weighted by Gasteiger charge is 2.00. The Balaban J connectivity index is 2.89. The van der Waals surface area contributed by atoms with Gasteiger partial charge in [-0.25, -0.2) is 0 Å². The first-order valence-electron chi connectivity index (χ1n) is 4.87. The van der Waals surface area contributed by atoms with Crippen LogP contribution in [0, 0.1) is 6.92 Å². The topological polar surface area (TPSA) is 24.1 Å². The predicted octanol–water partition coefficient (Wildman–Crippen LogP) is 2.86. The van der Waals surface area contributed by atoms with Crippen molar-refractivity contribution in [3.8, 4) is 0 Å². The van der Waals surface area contributed by atoms with Crippen molar-refractivity contribution in [1.82, 2.24) is 0 Å². The average Bonchev–Trinajstić information content (AvgIpc) is 2.13. The standard InChI is InChI=1S/C11H18N2/c1-4-12-10-7-6-8-11(9(10)3)13-5-2/h6-8,12-13H,4-5H2,1-3H3. The zero-order valence-corrected chi connectivity index (χ0v) is 8.65. The number of hydrogen-bond donors (Lipinski definition) is 2. The Kier molecular flexibility index (Phi) is 3.62. The fourth-order valence-corrected chi connectivity index (χ4v) is 1.40. The van der Waals surface area contributed by atoms with Crippen LogP contribution >= 0.6 is 0 Å². The molecule has 0 saturated heterocycles. The van der Waals surface area contributed by atoms with Crippen molar-refractivity contribution in [3.63, 3.8) is 0 Å². The monoisotopic (exact) mass is 178 g/mol. The smallest absolute Gasteiger partial charge is 0.0390 e. The third-order valence-corrected chi connectivity index (χ3v) is 2.07. The molecule has 0 aromatic heterocycles. The molecule has 0 unspecified atom stereocenters. The van der Waals surface area contributed by atoms with Gasteiger partial charge in [0, 0.05) is 24.5 Å². The summed E-state index contributed by atoms with van der Waals surface area (Å²) in [5, 5.41) is 6.67. The highest BCUT2D eigenvalue weighted by atomic mass is 14.9. The van der Waals surface area contributed by atoms with Gasteiger partial charge in [-0.3, -0.25) is 0 Å². The number of anilines is 2. The van der Waals surface area contributed by atoms with E-state index in [1.807, 2.05) is 0 Å². The lowest BCUT2D eigenvalue weighted by atomic mass is 10.1. The van der Waals surface area contributed by atoms with Crippen molar-refractivity contribution in [1.29, 1.82) is 0 Å². The van der Waals surface area contributed by atoms with E-state index >= 15 is 0 Å². The molecule has 2 N–H and O–H groups in total. The Labute approximate surface area is 80.4 Å². The van der Waals surface area contributed by atoms with Crippen LogP contribution in [0.4, 0.5) is 11.4 Å². The third kappa shape index (κ3) is 2.38. The second-order valence-electron chi connectivity index (χ2n) is 3.04. The van der Waals surface area contributed by atoms with Gasteiger partial charge in [-0.1, -0.05) is 6.07 Å². The minimum Gasteiger partial charge on any atom is -0.385 e. The van der Waals surface area contributed by atoms with E-state index in [4.69, 9.17) is 0 Å². The molecule has 1 aromatic rings. The molecular formula is C11H18N2. The Morgan fingerprint density at radius 2 is 1.46 bits per heavy atom. The van der Waals surface area contributed by atoms with E-state index in [2.05, 4.69) is 49.6 Å². The second kappa shape index (κ2) is 4.75. The van der Waals surface area contributed by atoms with E-state index in [-0.39, 0.29) is 0 Å². The molecule has 0 aliphatic carbocycles. The van der Waals surface area contributed by atoms with Gasteiger partial charge < -0.3 is 10.6 Å². The molecule has 0 heterocycles. The number of rotatable bonds is 4. The largest absolute Gasteiger partial charge is 0.385 e. The molecule has 0 spiro atoms. The van der Waals surface area contributed by atoms with Gasteiger partial charge in [-0.05, 0) is 38.5 Å². The van der Waals surface area contributed by atoms with Crippen molar-refractivity contribution in [3.05, 3.63) is 23.8 Å². The van der Waals surface area contributed by atoms with Gasteiger partial charge in [0.25, 0.3) is 0 Å². The lowest BCUT2D eigenvalue weighted by Crippen LogP contribution is -2.03. The SMILES string of the molecule is CCNc1cccc(NCC)c1C. The Hall–Kier alpha value is -1.18. The number of hydrogen-bond acceptors (Lipinski definition) is 2. The molecule has 1 aromatic carbocycles. The molecule has 1 rings (SSSR count). The first kappa shape index (κ1) is 9.90. The summed E-state index contributed by atoms with van der Waals surface area (Å²) in [6, 6.07) is 6.29. The molecule has 72 valence electrons. The zero-order chi connectivity index (χ0) is 9.68. The maximum absolute atomic E-state index is 3.33. The van der Waals surface area contributed by atoms with Gasteiger partial charge in [0.05, 0.1) is 0 Å². The summed E-state index contributed by atoms with van der Waals surface area (Å²) in [4.78, 5) is 0. The molecule has 0 aliphatic heterocycles. The maximum Gasteiger partial charge on any atom is 0.0390 e. The Bertz CT molecular complexity index is 245. The van der Waals surface area contributed by atoms with Crippen LogP contribution in [0.2, 0.25) is 0 Å². The quantitative estimate of drug-likeness (QED) is 0.740. The van der Waals surface area contributed by atoms with Crippen LogP contribution in [-0.2, 0) is 0 Å². The van der Waals surface area contributed by atoms with Gasteiger partial charge in [0.15, 0.2) is 0 Å². The van der Waals surface area contributed by atoms with Crippen LogP contribution in [0.3, 0.4) is 0 Å². The summed E-state index contributed by atoms with van der Waals surface area (Å²) >= 11 is 0. The van der Waals surface area contributed by atoms with E-state index in [9.17, 15) is 0 Å². The third-order valence-electron chi connectivity index (χ3n) is 2.07. The fraction of sp³-hybridized carbons (Fsp3) is 0.455. The summed E-state index contributed by atoms with van der Waals surface area (Å²) in [5.74, 6) is 0. The molecule has 0 fully saturated rings. The van der Waals surface area contributed by atoms with E-state index < -0.39 is 0 Å². The first-order valence-corrected chi connectivity index (χ1v) is 4.87. The van der Waals surface area contributed by atoms with Crippen LogP contribution in [0.25, 0.3) is 0 Å². The van der Waals surface area contributed by atoms with E-state index in [1.54, 1.807) is 0 Å². The van der Waals surface area contributed by atoms with Gasteiger partial charge in [-0.15, -0.1) is 0 Å². The maximum atomic E-state index is 3.33. The number of benzene rings is 1. The van der Waals surface area contributed by atoms with Crippen LogP contribution in [0.15, 0.2) is 18.2 Å². The van der Waals surface area contributed by atoms with E-state index in [0.29, 0.717) is 0 Å². The van der Waals surface area contributed by atoms with Crippen LogP contribution in [0.5, 0.6) is 0 Å². The average molecular weight is 178 g/mol. The fourth-order valence-electron chi connectivity index (χ4n) is 1.40. The first-order chi connectivity index (χ1) is 6.29. The molecule has 0 saturated carbocycles.